The van der Waals surface area contributed by atoms with Gasteiger partial charge >= 0.3 is 0 Å². The van der Waals surface area contributed by atoms with Crippen molar-refractivity contribution >= 4 is 76.6 Å². The molecule has 0 amide bonds. The van der Waals surface area contributed by atoms with E-state index in [0.717, 1.165) is 12.1 Å². The van der Waals surface area contributed by atoms with Crippen molar-refractivity contribution in [1.82, 2.24) is 0 Å². The molecule has 0 saturated heterocycles. The molecule has 0 heterocycles. The Bertz CT molecular complexity index is 1860. The SMILES string of the molecule is Nc1c(S(=O)(=O)O)cc2cc(SOOO)c(N=Nc3ccc4c(O)cccc4c3S(=O)(=O)O)c(O)c2c1N. The highest BCUT2D eigenvalue weighted by Gasteiger charge is 2.25. The van der Waals surface area contributed by atoms with Crippen LogP contribution in [0.5, 0.6) is 11.5 Å². The minimum atomic E-state index is -4.91. The smallest absolute Gasteiger partial charge is 0.297 e. The third-order valence-electron chi connectivity index (χ3n) is 5.30. The normalized spacial score (nSPS) is 12.6. The summed E-state index contributed by atoms with van der Waals surface area (Å²) in [5.41, 5.74) is 9.83. The van der Waals surface area contributed by atoms with Gasteiger partial charge in [0.25, 0.3) is 20.2 Å². The van der Waals surface area contributed by atoms with E-state index in [9.17, 15) is 36.2 Å². The van der Waals surface area contributed by atoms with Gasteiger partial charge in [-0.2, -0.15) is 16.8 Å². The van der Waals surface area contributed by atoms with Gasteiger partial charge in [0, 0.05) is 10.8 Å². The van der Waals surface area contributed by atoms with Crippen LogP contribution in [0.25, 0.3) is 21.5 Å². The Balaban J connectivity index is 2.01. The molecule has 0 aliphatic rings. The number of rotatable bonds is 7. The molecule has 0 spiro atoms. The van der Waals surface area contributed by atoms with Gasteiger partial charge in [-0.1, -0.05) is 17.2 Å². The summed E-state index contributed by atoms with van der Waals surface area (Å²) < 4.78 is 71.5. The summed E-state index contributed by atoms with van der Waals surface area (Å²) in [4.78, 5) is -1.60. The van der Waals surface area contributed by atoms with Gasteiger partial charge in [0.1, 0.15) is 26.9 Å². The average Bonchev–Trinajstić information content (AvgIpc) is 2.82. The molecule has 0 radical (unpaired) electrons. The van der Waals surface area contributed by atoms with E-state index in [-0.39, 0.29) is 44.2 Å². The van der Waals surface area contributed by atoms with E-state index in [1.54, 1.807) is 0 Å². The first-order chi connectivity index (χ1) is 17.8. The van der Waals surface area contributed by atoms with Crippen LogP contribution in [0.3, 0.4) is 0 Å². The molecular weight excluding hydrogens is 568 g/mol. The molecular formula is C20H16N4O11S3. The molecule has 0 aromatic heterocycles. The number of hydrogen-bond acceptors (Lipinski definition) is 14. The van der Waals surface area contributed by atoms with Crippen molar-refractivity contribution in [2.75, 3.05) is 11.5 Å². The molecule has 18 heteroatoms. The van der Waals surface area contributed by atoms with E-state index in [1.165, 1.54) is 30.3 Å². The maximum atomic E-state index is 12.2. The predicted molar refractivity (Wildman–Crippen MR) is 135 cm³/mol. The van der Waals surface area contributed by atoms with E-state index in [0.29, 0.717) is 0 Å². The monoisotopic (exact) mass is 584 g/mol. The Morgan fingerprint density at radius 1 is 0.868 bits per heavy atom. The quantitative estimate of drug-likeness (QED) is 0.0405. The number of benzene rings is 4. The Labute approximate surface area is 217 Å². The maximum Gasteiger partial charge on any atom is 0.297 e. The minimum Gasteiger partial charge on any atom is -0.507 e. The summed E-state index contributed by atoms with van der Waals surface area (Å²) in [6.07, 6.45) is 0. The molecule has 38 heavy (non-hydrogen) atoms. The second-order valence-corrected chi connectivity index (χ2v) is 11.0. The van der Waals surface area contributed by atoms with Crippen LogP contribution in [0, 0.1) is 0 Å². The molecule has 0 atom stereocenters. The van der Waals surface area contributed by atoms with E-state index in [2.05, 4.69) is 19.6 Å². The number of nitrogens with zero attached hydrogens (tertiary/aromatic N) is 2. The van der Waals surface area contributed by atoms with Crippen LogP contribution in [0.1, 0.15) is 0 Å². The van der Waals surface area contributed by atoms with Gasteiger partial charge in [-0.05, 0) is 35.7 Å². The second-order valence-electron chi connectivity index (χ2n) is 7.53. The van der Waals surface area contributed by atoms with Crippen LogP contribution in [0.2, 0.25) is 0 Å². The predicted octanol–water partition coefficient (Wildman–Crippen LogP) is 3.91. The van der Waals surface area contributed by atoms with Gasteiger partial charge < -0.3 is 21.7 Å². The Morgan fingerprint density at radius 3 is 2.21 bits per heavy atom. The third kappa shape index (κ3) is 4.89. The number of fused-ring (bicyclic) bond motifs is 2. The average molecular weight is 585 g/mol. The van der Waals surface area contributed by atoms with Crippen LogP contribution in [-0.2, 0) is 29.6 Å². The fourth-order valence-electron chi connectivity index (χ4n) is 3.72. The zero-order valence-electron chi connectivity index (χ0n) is 18.5. The number of azo groups is 1. The van der Waals surface area contributed by atoms with E-state index >= 15 is 0 Å². The van der Waals surface area contributed by atoms with Crippen molar-refractivity contribution in [2.24, 2.45) is 10.2 Å². The molecule has 4 aromatic carbocycles. The second kappa shape index (κ2) is 9.85. The molecule has 15 nitrogen and oxygen atoms in total. The molecule has 0 aliphatic carbocycles. The number of anilines is 2. The highest BCUT2D eigenvalue weighted by Crippen LogP contribution is 2.48. The van der Waals surface area contributed by atoms with Crippen molar-refractivity contribution in [1.29, 1.82) is 0 Å². The summed E-state index contributed by atoms with van der Waals surface area (Å²) in [5, 5.41) is 40.6. The number of nitrogens with two attached hydrogens (primary N) is 2. The fraction of sp³-hybridized carbons (Fsp3) is 0. The number of aromatic hydroxyl groups is 2. The summed E-state index contributed by atoms with van der Waals surface area (Å²) in [7, 11) is -9.72. The van der Waals surface area contributed by atoms with Crippen molar-refractivity contribution < 1.29 is 50.8 Å². The van der Waals surface area contributed by atoms with Crippen LogP contribution < -0.4 is 11.5 Å². The Kier molecular flexibility index (Phi) is 7.07. The summed E-state index contributed by atoms with van der Waals surface area (Å²) in [6.45, 7) is 0. The first-order valence-corrected chi connectivity index (χ1v) is 13.5. The highest BCUT2D eigenvalue weighted by molar-refractivity contribution is 7.94. The number of phenols is 2. The summed E-state index contributed by atoms with van der Waals surface area (Å²) in [5.74, 6) is -0.992. The molecule has 0 aliphatic heterocycles. The molecule has 9 N–H and O–H groups in total. The van der Waals surface area contributed by atoms with Crippen LogP contribution in [0.15, 0.2) is 67.4 Å². The molecule has 4 rings (SSSR count). The van der Waals surface area contributed by atoms with E-state index in [4.69, 9.17) is 16.7 Å². The molecule has 200 valence electrons. The zero-order valence-corrected chi connectivity index (χ0v) is 21.0. The molecule has 4 aromatic rings. The highest BCUT2D eigenvalue weighted by atomic mass is 32.2. The lowest BCUT2D eigenvalue weighted by Gasteiger charge is -2.14. The van der Waals surface area contributed by atoms with Crippen molar-refractivity contribution in [3.63, 3.8) is 0 Å². The Hall–Kier alpha value is -3.75. The van der Waals surface area contributed by atoms with Gasteiger partial charge in [0.15, 0.2) is 5.75 Å². The van der Waals surface area contributed by atoms with E-state index in [1.807, 2.05) is 0 Å². The third-order valence-corrected chi connectivity index (χ3v) is 7.76. The fourth-order valence-corrected chi connectivity index (χ4v) is 5.71. The van der Waals surface area contributed by atoms with Gasteiger partial charge in [0.05, 0.1) is 33.7 Å². The van der Waals surface area contributed by atoms with Crippen LogP contribution >= 0.6 is 12.0 Å². The van der Waals surface area contributed by atoms with Gasteiger partial charge in [0.2, 0.25) is 0 Å². The van der Waals surface area contributed by atoms with E-state index < -0.39 is 58.5 Å². The molecule has 0 fully saturated rings. The first-order valence-electron chi connectivity index (χ1n) is 9.89. The molecule has 0 saturated carbocycles. The van der Waals surface area contributed by atoms with Gasteiger partial charge in [-0.3, -0.25) is 9.11 Å². The number of hydrogen-bond donors (Lipinski definition) is 7. The van der Waals surface area contributed by atoms with Gasteiger partial charge in [-0.15, -0.1) is 14.6 Å². The first kappa shape index (κ1) is 27.3. The minimum absolute atomic E-state index is 0.0652. The standard InChI is InChI=1S/C20H16N4O11S3/c21-16-14(37(28,29)30)7-8-6-13(36-35-34-27)18(19(26)15(8)17(16)22)24-23-11-5-4-9-10(2-1-3-12(9)25)20(11)38(31,32)33/h1-7,25-27H,21-22H2,(H,28,29,30)(H,31,32,33). The Morgan fingerprint density at radius 2 is 1.58 bits per heavy atom. The largest absolute Gasteiger partial charge is 0.507 e. The lowest BCUT2D eigenvalue weighted by atomic mass is 10.1. The van der Waals surface area contributed by atoms with Crippen molar-refractivity contribution in [3.05, 3.63) is 42.5 Å². The van der Waals surface area contributed by atoms with Crippen molar-refractivity contribution in [3.8, 4) is 11.5 Å². The lowest BCUT2D eigenvalue weighted by Crippen LogP contribution is -2.06. The number of nitrogen functional groups attached to an aromatic ring is 2. The van der Waals surface area contributed by atoms with Gasteiger partial charge in [-0.25, -0.2) is 5.26 Å². The molecule has 0 unspecified atom stereocenters. The lowest BCUT2D eigenvalue weighted by molar-refractivity contribution is -0.432. The summed E-state index contributed by atoms with van der Waals surface area (Å²) in [6, 6.07) is 8.50. The zero-order chi connectivity index (χ0) is 28.0. The topological polar surface area (TPSA) is 265 Å². The maximum absolute atomic E-state index is 12.2. The number of phenolic OH excluding ortho intramolecular Hbond substituents is 2. The van der Waals surface area contributed by atoms with Crippen LogP contribution in [0.4, 0.5) is 22.7 Å². The van der Waals surface area contributed by atoms with Crippen LogP contribution in [-0.4, -0.2) is 41.4 Å². The van der Waals surface area contributed by atoms with Crippen molar-refractivity contribution in [2.45, 2.75) is 14.7 Å². The summed E-state index contributed by atoms with van der Waals surface area (Å²) >= 11 is 0.278. The molecule has 0 bridgehead atoms.